The molecule has 4 aromatic rings. The third-order valence-electron chi connectivity index (χ3n) is 3.88. The number of fused-ring (bicyclic) bond motifs is 3. The summed E-state index contributed by atoms with van der Waals surface area (Å²) in [5, 5.41) is 8.23. The average molecular weight is 287 g/mol. The molecule has 2 heteroatoms. The van der Waals surface area contributed by atoms with Crippen LogP contribution in [-0.2, 0) is 0 Å². The predicted octanol–water partition coefficient (Wildman–Crippen LogP) is 5.88. The summed E-state index contributed by atoms with van der Waals surface area (Å²) in [6.45, 7) is 0. The van der Waals surface area contributed by atoms with Crippen LogP contribution in [0, 0.1) is 5.82 Å². The summed E-state index contributed by atoms with van der Waals surface area (Å²) in [6, 6.07) is 25.3. The molecule has 1 N–H and O–H groups in total. The van der Waals surface area contributed by atoms with E-state index < -0.39 is 0 Å². The summed E-state index contributed by atoms with van der Waals surface area (Å²) in [6.07, 6.45) is 0. The first-order chi connectivity index (χ1) is 10.8. The Labute approximate surface area is 128 Å². The fourth-order valence-electron chi connectivity index (χ4n) is 2.79. The Morgan fingerprint density at radius 1 is 0.591 bits per heavy atom. The van der Waals surface area contributed by atoms with Crippen molar-refractivity contribution >= 4 is 32.9 Å². The fraction of sp³-hybridized carbons (Fsp3) is 0. The lowest BCUT2D eigenvalue weighted by atomic mass is 10.0. The molecule has 0 aliphatic carbocycles. The minimum absolute atomic E-state index is 0.226. The maximum atomic E-state index is 13.0. The van der Waals surface area contributed by atoms with E-state index in [4.69, 9.17) is 0 Å². The van der Waals surface area contributed by atoms with Crippen LogP contribution in [0.3, 0.4) is 0 Å². The largest absolute Gasteiger partial charge is 0.356 e. The summed E-state index contributed by atoms with van der Waals surface area (Å²) in [4.78, 5) is 0. The van der Waals surface area contributed by atoms with Crippen molar-refractivity contribution in [1.29, 1.82) is 0 Å². The lowest BCUT2D eigenvalue weighted by Crippen LogP contribution is -1.90. The molecule has 0 spiro atoms. The molecular weight excluding hydrogens is 273 g/mol. The smallest absolute Gasteiger partial charge is 0.123 e. The molecule has 0 aromatic heterocycles. The van der Waals surface area contributed by atoms with E-state index >= 15 is 0 Å². The zero-order valence-corrected chi connectivity index (χ0v) is 11.9. The van der Waals surface area contributed by atoms with E-state index in [9.17, 15) is 4.39 Å². The van der Waals surface area contributed by atoms with Gasteiger partial charge in [-0.15, -0.1) is 0 Å². The van der Waals surface area contributed by atoms with Crippen molar-refractivity contribution in [3.8, 4) is 0 Å². The third-order valence-corrected chi connectivity index (χ3v) is 3.88. The predicted molar refractivity (Wildman–Crippen MR) is 91.1 cm³/mol. The molecule has 0 radical (unpaired) electrons. The molecule has 0 atom stereocenters. The number of anilines is 2. The van der Waals surface area contributed by atoms with Gasteiger partial charge in [0.05, 0.1) is 0 Å². The summed E-state index contributed by atoms with van der Waals surface area (Å²) >= 11 is 0. The molecule has 0 heterocycles. The summed E-state index contributed by atoms with van der Waals surface area (Å²) < 4.78 is 13.0. The first kappa shape index (κ1) is 12.8. The SMILES string of the molecule is Fc1ccc(Nc2ccc3c(ccc4ccccc43)c2)cc1. The topological polar surface area (TPSA) is 12.0 Å². The van der Waals surface area contributed by atoms with Crippen LogP contribution in [-0.4, -0.2) is 0 Å². The summed E-state index contributed by atoms with van der Waals surface area (Å²) in [5.41, 5.74) is 1.87. The van der Waals surface area contributed by atoms with Crippen LogP contribution in [0.4, 0.5) is 15.8 Å². The minimum atomic E-state index is -0.226. The molecular formula is C20H14FN. The highest BCUT2D eigenvalue weighted by Crippen LogP contribution is 2.28. The number of hydrogen-bond acceptors (Lipinski definition) is 1. The highest BCUT2D eigenvalue weighted by molar-refractivity contribution is 6.08. The molecule has 0 saturated carbocycles. The van der Waals surface area contributed by atoms with E-state index in [0.717, 1.165) is 11.4 Å². The lowest BCUT2D eigenvalue weighted by molar-refractivity contribution is 0.628. The van der Waals surface area contributed by atoms with Crippen LogP contribution in [0.5, 0.6) is 0 Å². The van der Waals surface area contributed by atoms with Gasteiger partial charge in [0.2, 0.25) is 0 Å². The van der Waals surface area contributed by atoms with Crippen LogP contribution in [0.15, 0.2) is 78.9 Å². The van der Waals surface area contributed by atoms with Crippen LogP contribution in [0.1, 0.15) is 0 Å². The van der Waals surface area contributed by atoms with Gasteiger partial charge in [-0.05, 0) is 57.9 Å². The van der Waals surface area contributed by atoms with Gasteiger partial charge >= 0.3 is 0 Å². The number of benzene rings is 4. The van der Waals surface area contributed by atoms with E-state index in [0.29, 0.717) is 0 Å². The normalized spacial score (nSPS) is 11.0. The fourth-order valence-corrected chi connectivity index (χ4v) is 2.79. The van der Waals surface area contributed by atoms with Gasteiger partial charge in [0.1, 0.15) is 5.82 Å². The van der Waals surface area contributed by atoms with Gasteiger partial charge in [0, 0.05) is 11.4 Å². The minimum Gasteiger partial charge on any atom is -0.356 e. The average Bonchev–Trinajstić information content (AvgIpc) is 2.57. The Kier molecular flexibility index (Phi) is 3.01. The van der Waals surface area contributed by atoms with Gasteiger partial charge in [-0.2, -0.15) is 0 Å². The molecule has 0 fully saturated rings. The second-order valence-corrected chi connectivity index (χ2v) is 5.35. The van der Waals surface area contributed by atoms with Gasteiger partial charge in [0.25, 0.3) is 0 Å². The van der Waals surface area contributed by atoms with E-state index in [1.54, 1.807) is 12.1 Å². The van der Waals surface area contributed by atoms with Gasteiger partial charge in [-0.1, -0.05) is 42.5 Å². The quantitative estimate of drug-likeness (QED) is 0.454. The number of rotatable bonds is 2. The molecule has 0 aliphatic rings. The highest BCUT2D eigenvalue weighted by atomic mass is 19.1. The highest BCUT2D eigenvalue weighted by Gasteiger charge is 2.02. The van der Waals surface area contributed by atoms with Crippen LogP contribution >= 0.6 is 0 Å². The monoisotopic (exact) mass is 287 g/mol. The molecule has 0 unspecified atom stereocenters. The van der Waals surface area contributed by atoms with E-state index in [-0.39, 0.29) is 5.82 Å². The maximum absolute atomic E-state index is 13.0. The molecule has 22 heavy (non-hydrogen) atoms. The van der Waals surface area contributed by atoms with Crippen molar-refractivity contribution in [3.63, 3.8) is 0 Å². The molecule has 0 aliphatic heterocycles. The van der Waals surface area contributed by atoms with Crippen molar-refractivity contribution in [2.75, 3.05) is 5.32 Å². The van der Waals surface area contributed by atoms with Crippen molar-refractivity contribution in [2.24, 2.45) is 0 Å². The maximum Gasteiger partial charge on any atom is 0.123 e. The standard InChI is InChI=1S/C20H14FN/c21-16-7-9-17(10-8-16)22-18-11-12-20-15(13-18)6-5-14-3-1-2-4-19(14)20/h1-13,22H. The van der Waals surface area contributed by atoms with Crippen LogP contribution in [0.25, 0.3) is 21.5 Å². The molecule has 4 rings (SSSR count). The molecule has 106 valence electrons. The van der Waals surface area contributed by atoms with E-state index in [1.165, 1.54) is 33.7 Å². The Balaban J connectivity index is 1.77. The molecule has 1 nitrogen and oxygen atoms in total. The van der Waals surface area contributed by atoms with Crippen molar-refractivity contribution in [2.45, 2.75) is 0 Å². The van der Waals surface area contributed by atoms with E-state index in [1.807, 2.05) is 0 Å². The third kappa shape index (κ3) is 2.29. The zero-order valence-electron chi connectivity index (χ0n) is 11.9. The van der Waals surface area contributed by atoms with Crippen molar-refractivity contribution < 1.29 is 4.39 Å². The Morgan fingerprint density at radius 3 is 2.14 bits per heavy atom. The Bertz CT molecular complexity index is 958. The van der Waals surface area contributed by atoms with Gasteiger partial charge in [-0.25, -0.2) is 4.39 Å². The number of nitrogens with one attached hydrogen (secondary N) is 1. The number of halogens is 1. The summed E-state index contributed by atoms with van der Waals surface area (Å²) in [7, 11) is 0. The Morgan fingerprint density at radius 2 is 1.27 bits per heavy atom. The molecule has 0 saturated heterocycles. The molecule has 4 aromatic carbocycles. The second kappa shape index (κ2) is 5.15. The number of hydrogen-bond donors (Lipinski definition) is 1. The van der Waals surface area contributed by atoms with Crippen LogP contribution < -0.4 is 5.32 Å². The zero-order chi connectivity index (χ0) is 14.9. The van der Waals surface area contributed by atoms with E-state index in [2.05, 4.69) is 59.9 Å². The van der Waals surface area contributed by atoms with Crippen LogP contribution in [0.2, 0.25) is 0 Å². The summed E-state index contributed by atoms with van der Waals surface area (Å²) in [5.74, 6) is -0.226. The molecule has 0 amide bonds. The van der Waals surface area contributed by atoms with Gasteiger partial charge in [-0.3, -0.25) is 0 Å². The van der Waals surface area contributed by atoms with Crippen molar-refractivity contribution in [1.82, 2.24) is 0 Å². The first-order valence-electron chi connectivity index (χ1n) is 7.24. The van der Waals surface area contributed by atoms with Gasteiger partial charge in [0.15, 0.2) is 0 Å². The lowest BCUT2D eigenvalue weighted by Gasteiger charge is -2.09. The first-order valence-corrected chi connectivity index (χ1v) is 7.24. The molecule has 0 bridgehead atoms. The second-order valence-electron chi connectivity index (χ2n) is 5.35. The van der Waals surface area contributed by atoms with Crippen molar-refractivity contribution in [3.05, 3.63) is 84.7 Å². The Hall–Kier alpha value is -2.87. The van der Waals surface area contributed by atoms with Gasteiger partial charge < -0.3 is 5.32 Å².